The summed E-state index contributed by atoms with van der Waals surface area (Å²) in [6, 6.07) is 6.74. The molecule has 0 saturated carbocycles. The molecule has 0 saturated heterocycles. The fourth-order valence-corrected chi connectivity index (χ4v) is 1.87. The van der Waals surface area contributed by atoms with Crippen molar-refractivity contribution in [3.05, 3.63) is 40.6 Å². The fourth-order valence-electron chi connectivity index (χ4n) is 1.70. The molecule has 0 radical (unpaired) electrons. The maximum atomic E-state index is 11.8. The summed E-state index contributed by atoms with van der Waals surface area (Å²) in [6.45, 7) is 3.49. The van der Waals surface area contributed by atoms with Crippen molar-refractivity contribution in [1.82, 2.24) is 5.16 Å². The van der Waals surface area contributed by atoms with Crippen LogP contribution in [0.2, 0.25) is 5.02 Å². The molecule has 0 aliphatic carbocycles. The van der Waals surface area contributed by atoms with Crippen molar-refractivity contribution in [3.63, 3.8) is 0 Å². The van der Waals surface area contributed by atoms with Gasteiger partial charge in [0.05, 0.1) is 0 Å². The standard InChI is InChI=1S/C14H14ClN3O3/c1-8-6-12(18-21-8)17-14(20)7-13(19)16-11-5-3-4-10(15)9(11)2/h3-6H,7H2,1-2H3,(H,16,19)(H,17,18,20). The van der Waals surface area contributed by atoms with Crippen molar-refractivity contribution in [2.45, 2.75) is 20.3 Å². The number of nitrogens with one attached hydrogen (secondary N) is 2. The van der Waals surface area contributed by atoms with E-state index in [-0.39, 0.29) is 12.2 Å². The van der Waals surface area contributed by atoms with E-state index < -0.39 is 11.8 Å². The van der Waals surface area contributed by atoms with E-state index in [4.69, 9.17) is 16.1 Å². The zero-order valence-electron chi connectivity index (χ0n) is 11.6. The molecule has 0 aliphatic heterocycles. The van der Waals surface area contributed by atoms with Crippen LogP contribution in [0, 0.1) is 13.8 Å². The second-order valence-electron chi connectivity index (χ2n) is 4.51. The van der Waals surface area contributed by atoms with E-state index in [1.165, 1.54) is 0 Å². The lowest BCUT2D eigenvalue weighted by atomic mass is 10.2. The Hall–Kier alpha value is -2.34. The third kappa shape index (κ3) is 4.06. The second-order valence-corrected chi connectivity index (χ2v) is 4.92. The minimum Gasteiger partial charge on any atom is -0.360 e. The molecule has 1 aromatic heterocycles. The SMILES string of the molecule is Cc1cc(NC(=O)CC(=O)Nc2cccc(Cl)c2C)no1. The number of nitrogens with zero attached hydrogens (tertiary/aromatic N) is 1. The summed E-state index contributed by atoms with van der Waals surface area (Å²) in [5, 5.41) is 9.29. The molecule has 1 heterocycles. The Bertz CT molecular complexity index is 682. The molecule has 0 spiro atoms. The van der Waals surface area contributed by atoms with E-state index >= 15 is 0 Å². The van der Waals surface area contributed by atoms with Gasteiger partial charge in [-0.3, -0.25) is 9.59 Å². The van der Waals surface area contributed by atoms with E-state index in [9.17, 15) is 9.59 Å². The number of hydrogen-bond donors (Lipinski definition) is 2. The number of aryl methyl sites for hydroxylation is 1. The molecular formula is C14H14ClN3O3. The van der Waals surface area contributed by atoms with Gasteiger partial charge in [-0.25, -0.2) is 0 Å². The van der Waals surface area contributed by atoms with E-state index in [1.54, 1.807) is 38.1 Å². The Kier molecular flexibility index (Phi) is 4.59. The van der Waals surface area contributed by atoms with Gasteiger partial charge in [-0.2, -0.15) is 0 Å². The molecule has 2 rings (SSSR count). The first kappa shape index (κ1) is 15.1. The lowest BCUT2D eigenvalue weighted by molar-refractivity contribution is -0.123. The fraction of sp³-hybridized carbons (Fsp3) is 0.214. The van der Waals surface area contributed by atoms with E-state index in [0.717, 1.165) is 5.56 Å². The van der Waals surface area contributed by atoms with Crippen molar-refractivity contribution in [2.75, 3.05) is 10.6 Å². The lowest BCUT2D eigenvalue weighted by Crippen LogP contribution is -2.21. The normalized spacial score (nSPS) is 10.2. The predicted molar refractivity (Wildman–Crippen MR) is 79.3 cm³/mol. The average molecular weight is 308 g/mol. The maximum Gasteiger partial charge on any atom is 0.235 e. The Morgan fingerprint density at radius 3 is 2.62 bits per heavy atom. The highest BCUT2D eigenvalue weighted by atomic mass is 35.5. The number of aromatic nitrogens is 1. The molecule has 110 valence electrons. The Balaban J connectivity index is 1.92. The monoisotopic (exact) mass is 307 g/mol. The Morgan fingerprint density at radius 1 is 1.24 bits per heavy atom. The third-order valence-corrected chi connectivity index (χ3v) is 3.17. The molecule has 0 fully saturated rings. The first-order valence-electron chi connectivity index (χ1n) is 6.24. The number of hydrogen-bond acceptors (Lipinski definition) is 4. The molecule has 6 nitrogen and oxygen atoms in total. The molecular weight excluding hydrogens is 294 g/mol. The van der Waals surface area contributed by atoms with Crippen LogP contribution in [-0.2, 0) is 9.59 Å². The molecule has 0 unspecified atom stereocenters. The van der Waals surface area contributed by atoms with Gasteiger partial charge in [-0.15, -0.1) is 0 Å². The quantitative estimate of drug-likeness (QED) is 0.851. The predicted octanol–water partition coefficient (Wildman–Crippen LogP) is 2.91. The van der Waals surface area contributed by atoms with E-state index in [0.29, 0.717) is 16.5 Å². The van der Waals surface area contributed by atoms with E-state index in [2.05, 4.69) is 15.8 Å². The third-order valence-electron chi connectivity index (χ3n) is 2.76. The van der Waals surface area contributed by atoms with Crippen LogP contribution in [0.3, 0.4) is 0 Å². The van der Waals surface area contributed by atoms with Gasteiger partial charge in [0.25, 0.3) is 0 Å². The Morgan fingerprint density at radius 2 is 1.95 bits per heavy atom. The van der Waals surface area contributed by atoms with Crippen LogP contribution >= 0.6 is 11.6 Å². The van der Waals surface area contributed by atoms with Crippen molar-refractivity contribution in [3.8, 4) is 0 Å². The van der Waals surface area contributed by atoms with Crippen LogP contribution in [-0.4, -0.2) is 17.0 Å². The molecule has 2 N–H and O–H groups in total. The molecule has 7 heteroatoms. The zero-order chi connectivity index (χ0) is 15.4. The van der Waals surface area contributed by atoms with Crippen LogP contribution in [0.4, 0.5) is 11.5 Å². The van der Waals surface area contributed by atoms with Crippen molar-refractivity contribution >= 4 is 34.9 Å². The van der Waals surface area contributed by atoms with Crippen LogP contribution in [0.25, 0.3) is 0 Å². The minimum atomic E-state index is -0.472. The number of halogens is 1. The molecule has 1 aromatic carbocycles. The lowest BCUT2D eigenvalue weighted by Gasteiger charge is -2.09. The van der Waals surface area contributed by atoms with Crippen LogP contribution in [0.15, 0.2) is 28.8 Å². The van der Waals surface area contributed by atoms with Gasteiger partial charge in [0, 0.05) is 16.8 Å². The highest BCUT2D eigenvalue weighted by molar-refractivity contribution is 6.31. The van der Waals surface area contributed by atoms with Gasteiger partial charge < -0.3 is 15.2 Å². The van der Waals surface area contributed by atoms with Crippen LogP contribution in [0.5, 0.6) is 0 Å². The summed E-state index contributed by atoms with van der Waals surface area (Å²) in [5.41, 5.74) is 1.33. The van der Waals surface area contributed by atoms with Gasteiger partial charge in [0.1, 0.15) is 12.2 Å². The van der Waals surface area contributed by atoms with Gasteiger partial charge >= 0.3 is 0 Å². The molecule has 21 heavy (non-hydrogen) atoms. The highest BCUT2D eigenvalue weighted by Crippen LogP contribution is 2.23. The first-order valence-corrected chi connectivity index (χ1v) is 6.61. The van der Waals surface area contributed by atoms with Gasteiger partial charge in [0.15, 0.2) is 5.82 Å². The number of amides is 2. The smallest absolute Gasteiger partial charge is 0.235 e. The number of rotatable bonds is 4. The van der Waals surface area contributed by atoms with Gasteiger partial charge in [-0.1, -0.05) is 22.8 Å². The topological polar surface area (TPSA) is 84.2 Å². The summed E-state index contributed by atoms with van der Waals surface area (Å²) in [5.74, 6) is -0.0490. The highest BCUT2D eigenvalue weighted by Gasteiger charge is 2.13. The van der Waals surface area contributed by atoms with Crippen LogP contribution in [0.1, 0.15) is 17.7 Å². The maximum absolute atomic E-state index is 11.8. The zero-order valence-corrected chi connectivity index (χ0v) is 12.3. The number of benzene rings is 1. The number of carbonyl (C=O) groups excluding carboxylic acids is 2. The molecule has 0 bridgehead atoms. The summed E-state index contributed by atoms with van der Waals surface area (Å²) in [7, 11) is 0. The average Bonchev–Trinajstić information content (AvgIpc) is 2.80. The molecule has 2 aromatic rings. The summed E-state index contributed by atoms with van der Waals surface area (Å²) in [6.07, 6.45) is -0.322. The van der Waals surface area contributed by atoms with Crippen molar-refractivity contribution < 1.29 is 14.1 Å². The van der Waals surface area contributed by atoms with Crippen molar-refractivity contribution in [1.29, 1.82) is 0 Å². The summed E-state index contributed by atoms with van der Waals surface area (Å²) in [4.78, 5) is 23.5. The minimum absolute atomic E-state index is 0.282. The van der Waals surface area contributed by atoms with Crippen molar-refractivity contribution in [2.24, 2.45) is 0 Å². The summed E-state index contributed by atoms with van der Waals surface area (Å²) < 4.78 is 4.81. The second kappa shape index (κ2) is 6.41. The Labute approximate surface area is 126 Å². The molecule has 2 amide bonds. The van der Waals surface area contributed by atoms with E-state index in [1.807, 2.05) is 0 Å². The van der Waals surface area contributed by atoms with Gasteiger partial charge in [0.2, 0.25) is 11.8 Å². The van der Waals surface area contributed by atoms with Crippen LogP contribution < -0.4 is 10.6 Å². The van der Waals surface area contributed by atoms with Gasteiger partial charge in [-0.05, 0) is 31.5 Å². The molecule has 0 aliphatic rings. The first-order chi connectivity index (χ1) is 9.95. The summed E-state index contributed by atoms with van der Waals surface area (Å²) >= 11 is 5.96. The number of anilines is 2. The largest absolute Gasteiger partial charge is 0.360 e. The number of carbonyl (C=O) groups is 2. The molecule has 0 atom stereocenters.